The summed E-state index contributed by atoms with van der Waals surface area (Å²) in [6.45, 7) is 5.02. The quantitative estimate of drug-likeness (QED) is 0.642. The fourth-order valence-electron chi connectivity index (χ4n) is 1.34. The van der Waals surface area contributed by atoms with Crippen molar-refractivity contribution in [2.75, 3.05) is 12.4 Å². The van der Waals surface area contributed by atoms with Gasteiger partial charge in [-0.1, -0.05) is 32.9 Å². The summed E-state index contributed by atoms with van der Waals surface area (Å²) in [7, 11) is 0. The van der Waals surface area contributed by atoms with E-state index in [4.69, 9.17) is 10.5 Å². The molecule has 0 aliphatic heterocycles. The summed E-state index contributed by atoms with van der Waals surface area (Å²) in [4.78, 5) is 35.2. The van der Waals surface area contributed by atoms with Crippen LogP contribution in [0, 0.1) is 5.41 Å². The van der Waals surface area contributed by atoms with Crippen LogP contribution < -0.4 is 5.73 Å². The average Bonchev–Trinajstić information content (AvgIpc) is 2.41. The summed E-state index contributed by atoms with van der Waals surface area (Å²) < 4.78 is 5.05. The highest BCUT2D eigenvalue weighted by atomic mass is 32.2. The van der Waals surface area contributed by atoms with Crippen LogP contribution in [0.15, 0.2) is 29.2 Å². The maximum absolute atomic E-state index is 12.0. The van der Waals surface area contributed by atoms with E-state index in [0.717, 1.165) is 11.8 Å². The van der Waals surface area contributed by atoms with E-state index in [9.17, 15) is 14.4 Å². The molecule has 0 aliphatic carbocycles. The summed E-state index contributed by atoms with van der Waals surface area (Å²) in [5, 5.41) is 0. The lowest BCUT2D eigenvalue weighted by Crippen LogP contribution is -2.26. The van der Waals surface area contributed by atoms with Crippen molar-refractivity contribution in [2.24, 2.45) is 11.1 Å². The molecule has 114 valence electrons. The van der Waals surface area contributed by atoms with E-state index < -0.39 is 17.3 Å². The zero-order chi connectivity index (χ0) is 16.0. The lowest BCUT2D eigenvalue weighted by molar-refractivity contribution is -0.129. The van der Waals surface area contributed by atoms with Crippen LogP contribution in [0.3, 0.4) is 0 Å². The predicted molar refractivity (Wildman–Crippen MR) is 81.1 cm³/mol. The molecule has 0 spiro atoms. The molecule has 2 N–H and O–H groups in total. The third-order valence-electron chi connectivity index (χ3n) is 2.65. The minimum Gasteiger partial charge on any atom is -0.454 e. The highest BCUT2D eigenvalue weighted by Gasteiger charge is 2.23. The molecule has 0 heterocycles. The van der Waals surface area contributed by atoms with Gasteiger partial charge >= 0.3 is 5.97 Å². The maximum atomic E-state index is 12.0. The predicted octanol–water partition coefficient (Wildman–Crippen LogP) is 2.04. The Morgan fingerprint density at radius 2 is 1.81 bits per heavy atom. The Bertz CT molecular complexity index is 549. The van der Waals surface area contributed by atoms with E-state index in [2.05, 4.69) is 0 Å². The zero-order valence-corrected chi connectivity index (χ0v) is 13.2. The van der Waals surface area contributed by atoms with Crippen LogP contribution >= 0.6 is 11.8 Å². The van der Waals surface area contributed by atoms with Gasteiger partial charge in [-0.25, -0.2) is 4.79 Å². The topological polar surface area (TPSA) is 86.5 Å². The van der Waals surface area contributed by atoms with Crippen molar-refractivity contribution in [3.8, 4) is 0 Å². The third-order valence-corrected chi connectivity index (χ3v) is 3.74. The standard InChI is InChI=1S/C15H19NO4S/c1-15(2,3)12(17)8-20-14(19)10-6-4-5-7-11(10)21-9-13(16)18/h4-7H,8-9H2,1-3H3,(H2,16,18). The Morgan fingerprint density at radius 3 is 2.38 bits per heavy atom. The number of esters is 1. The number of primary amides is 1. The average molecular weight is 309 g/mol. The molecule has 0 aliphatic rings. The molecule has 6 heteroatoms. The number of benzene rings is 1. The van der Waals surface area contributed by atoms with Crippen LogP contribution in [0.1, 0.15) is 31.1 Å². The van der Waals surface area contributed by atoms with E-state index in [1.165, 1.54) is 0 Å². The van der Waals surface area contributed by atoms with E-state index in [1.54, 1.807) is 45.0 Å². The van der Waals surface area contributed by atoms with Crippen molar-refractivity contribution in [2.45, 2.75) is 25.7 Å². The fourth-order valence-corrected chi connectivity index (χ4v) is 2.11. The molecule has 0 radical (unpaired) electrons. The number of nitrogens with two attached hydrogens (primary N) is 1. The van der Waals surface area contributed by atoms with E-state index in [0.29, 0.717) is 10.5 Å². The number of Topliss-reactive ketones (excluding diaryl/α,β-unsaturated/α-hetero) is 1. The smallest absolute Gasteiger partial charge is 0.339 e. The Hall–Kier alpha value is -1.82. The van der Waals surface area contributed by atoms with Gasteiger partial charge in [0.1, 0.15) is 0 Å². The normalized spacial score (nSPS) is 11.0. The first-order valence-electron chi connectivity index (χ1n) is 6.42. The van der Waals surface area contributed by atoms with Crippen LogP contribution in [0.5, 0.6) is 0 Å². The van der Waals surface area contributed by atoms with Crippen LogP contribution in [0.2, 0.25) is 0 Å². The van der Waals surface area contributed by atoms with Gasteiger partial charge in [-0.3, -0.25) is 9.59 Å². The van der Waals surface area contributed by atoms with Gasteiger partial charge in [0.05, 0.1) is 11.3 Å². The number of hydrogen-bond acceptors (Lipinski definition) is 5. The van der Waals surface area contributed by atoms with Gasteiger partial charge in [-0.2, -0.15) is 0 Å². The Kier molecular flexibility index (Phi) is 5.96. The number of thioether (sulfide) groups is 1. The molecule has 1 amide bonds. The monoisotopic (exact) mass is 309 g/mol. The molecule has 0 saturated carbocycles. The van der Waals surface area contributed by atoms with Gasteiger partial charge in [0, 0.05) is 10.3 Å². The van der Waals surface area contributed by atoms with Crippen LogP contribution in [-0.4, -0.2) is 30.0 Å². The van der Waals surface area contributed by atoms with E-state index in [1.807, 2.05) is 0 Å². The van der Waals surface area contributed by atoms with Gasteiger partial charge in [0.15, 0.2) is 12.4 Å². The Balaban J connectivity index is 2.74. The fraction of sp³-hybridized carbons (Fsp3) is 0.400. The third kappa shape index (κ3) is 5.59. The molecular formula is C15H19NO4S. The number of carbonyl (C=O) groups is 3. The number of ketones is 1. The first kappa shape index (κ1) is 17.2. The lowest BCUT2D eigenvalue weighted by Gasteiger charge is -2.16. The molecular weight excluding hydrogens is 290 g/mol. The number of carbonyl (C=O) groups excluding carboxylic acids is 3. The molecule has 0 fully saturated rings. The van der Waals surface area contributed by atoms with Gasteiger partial charge in [-0.05, 0) is 12.1 Å². The molecule has 1 aromatic rings. The van der Waals surface area contributed by atoms with E-state index in [-0.39, 0.29) is 18.1 Å². The van der Waals surface area contributed by atoms with Crippen LogP contribution in [0.4, 0.5) is 0 Å². The summed E-state index contributed by atoms with van der Waals surface area (Å²) in [6.07, 6.45) is 0. The number of hydrogen-bond donors (Lipinski definition) is 1. The van der Waals surface area contributed by atoms with Crippen molar-refractivity contribution in [3.05, 3.63) is 29.8 Å². The highest BCUT2D eigenvalue weighted by molar-refractivity contribution is 8.00. The van der Waals surface area contributed by atoms with Gasteiger partial charge < -0.3 is 10.5 Å². The van der Waals surface area contributed by atoms with Crippen molar-refractivity contribution >= 4 is 29.4 Å². The zero-order valence-electron chi connectivity index (χ0n) is 12.3. The van der Waals surface area contributed by atoms with Crippen molar-refractivity contribution in [1.29, 1.82) is 0 Å². The first-order chi connectivity index (χ1) is 9.71. The summed E-state index contributed by atoms with van der Waals surface area (Å²) in [5.74, 6) is -1.13. The van der Waals surface area contributed by atoms with Gasteiger partial charge in [0.2, 0.25) is 5.91 Å². The summed E-state index contributed by atoms with van der Waals surface area (Å²) in [5.41, 5.74) is 4.86. The van der Waals surface area contributed by atoms with Crippen molar-refractivity contribution in [3.63, 3.8) is 0 Å². The number of amides is 1. The highest BCUT2D eigenvalue weighted by Crippen LogP contribution is 2.23. The minimum atomic E-state index is -0.583. The van der Waals surface area contributed by atoms with Gasteiger partial charge in [-0.15, -0.1) is 11.8 Å². The molecule has 0 atom stereocenters. The number of ether oxygens (including phenoxy) is 1. The molecule has 1 aromatic carbocycles. The van der Waals surface area contributed by atoms with Crippen molar-refractivity contribution in [1.82, 2.24) is 0 Å². The summed E-state index contributed by atoms with van der Waals surface area (Å²) >= 11 is 1.16. The largest absolute Gasteiger partial charge is 0.454 e. The van der Waals surface area contributed by atoms with Crippen molar-refractivity contribution < 1.29 is 19.1 Å². The molecule has 0 saturated heterocycles. The molecule has 21 heavy (non-hydrogen) atoms. The molecule has 1 rings (SSSR count). The lowest BCUT2D eigenvalue weighted by atomic mass is 9.91. The second kappa shape index (κ2) is 7.26. The minimum absolute atomic E-state index is 0.0746. The SMILES string of the molecule is CC(C)(C)C(=O)COC(=O)c1ccccc1SCC(N)=O. The van der Waals surface area contributed by atoms with Crippen LogP contribution in [0.25, 0.3) is 0 Å². The van der Waals surface area contributed by atoms with E-state index >= 15 is 0 Å². The summed E-state index contributed by atoms with van der Waals surface area (Å²) in [6, 6.07) is 6.74. The molecule has 5 nitrogen and oxygen atoms in total. The van der Waals surface area contributed by atoms with Gasteiger partial charge in [0.25, 0.3) is 0 Å². The molecule has 0 aromatic heterocycles. The first-order valence-corrected chi connectivity index (χ1v) is 7.41. The second-order valence-electron chi connectivity index (χ2n) is 5.50. The Labute approximate surface area is 128 Å². The maximum Gasteiger partial charge on any atom is 0.339 e. The molecule has 0 bridgehead atoms. The van der Waals surface area contributed by atoms with Crippen LogP contribution in [-0.2, 0) is 14.3 Å². The molecule has 0 unspecified atom stereocenters. The second-order valence-corrected chi connectivity index (χ2v) is 6.52. The Morgan fingerprint density at radius 1 is 1.19 bits per heavy atom. The number of rotatable bonds is 6.